The maximum absolute atomic E-state index is 10.3. The van der Waals surface area contributed by atoms with E-state index in [0.29, 0.717) is 0 Å². The summed E-state index contributed by atoms with van der Waals surface area (Å²) in [5, 5.41) is 10.6. The van der Waals surface area contributed by atoms with Crippen molar-refractivity contribution >= 4 is 13.6 Å². The summed E-state index contributed by atoms with van der Waals surface area (Å²) < 4.78 is 10.3. The standard InChI is InChI=1S/C5H10NO6P/c7-5(8)4(6-9)2-1-3-13(10,11)12/h4H,1-3H2,(H,7,8)(H2,10,11,12)/t4-/m0/s1. The monoisotopic (exact) mass is 211 g/mol. The Kier molecular flexibility index (Phi) is 4.76. The number of hydrogen-bond donors (Lipinski definition) is 3. The number of aliphatic carboxylic acids is 1. The lowest BCUT2D eigenvalue weighted by Gasteiger charge is -2.04. The van der Waals surface area contributed by atoms with Gasteiger partial charge in [-0.15, -0.1) is 4.91 Å². The van der Waals surface area contributed by atoms with E-state index in [1.165, 1.54) is 0 Å². The van der Waals surface area contributed by atoms with Crippen LogP contribution in [0.4, 0.5) is 0 Å². The first-order valence-corrected chi connectivity index (χ1v) is 5.26. The van der Waals surface area contributed by atoms with Crippen molar-refractivity contribution < 1.29 is 24.3 Å². The van der Waals surface area contributed by atoms with Crippen molar-refractivity contribution in [3.63, 3.8) is 0 Å². The second kappa shape index (κ2) is 5.06. The molecule has 0 aromatic carbocycles. The van der Waals surface area contributed by atoms with Crippen LogP contribution < -0.4 is 0 Å². The first kappa shape index (κ1) is 12.2. The average molecular weight is 211 g/mol. The van der Waals surface area contributed by atoms with Crippen LogP contribution >= 0.6 is 7.60 Å². The van der Waals surface area contributed by atoms with Gasteiger partial charge in [0.2, 0.25) is 0 Å². The van der Waals surface area contributed by atoms with Crippen molar-refractivity contribution in [1.29, 1.82) is 0 Å². The van der Waals surface area contributed by atoms with Gasteiger partial charge in [-0.25, -0.2) is 4.79 Å². The highest BCUT2D eigenvalue weighted by Crippen LogP contribution is 2.35. The summed E-state index contributed by atoms with van der Waals surface area (Å²) in [5.41, 5.74) is 0. The molecule has 8 heteroatoms. The van der Waals surface area contributed by atoms with E-state index in [1.807, 2.05) is 0 Å². The van der Waals surface area contributed by atoms with Gasteiger partial charge in [-0.05, 0) is 12.8 Å². The smallest absolute Gasteiger partial charge is 0.332 e. The third kappa shape index (κ3) is 6.39. The van der Waals surface area contributed by atoms with Gasteiger partial charge in [-0.2, -0.15) is 0 Å². The van der Waals surface area contributed by atoms with Gasteiger partial charge in [0, 0.05) is 6.16 Å². The predicted molar refractivity (Wildman–Crippen MR) is 43.4 cm³/mol. The lowest BCUT2D eigenvalue weighted by atomic mass is 10.2. The molecular weight excluding hydrogens is 201 g/mol. The minimum absolute atomic E-state index is 0.0347. The number of carboxylic acid groups (broad SMARTS) is 1. The van der Waals surface area contributed by atoms with Crippen molar-refractivity contribution in [2.45, 2.75) is 18.9 Å². The number of nitrogens with zero attached hydrogens (tertiary/aromatic N) is 1. The van der Waals surface area contributed by atoms with Crippen LogP contribution in [-0.4, -0.2) is 33.1 Å². The highest BCUT2D eigenvalue weighted by molar-refractivity contribution is 7.51. The lowest BCUT2D eigenvalue weighted by Crippen LogP contribution is -2.17. The average Bonchev–Trinajstić information content (AvgIpc) is 1.95. The van der Waals surface area contributed by atoms with Crippen LogP contribution in [0.25, 0.3) is 0 Å². The van der Waals surface area contributed by atoms with Crippen LogP contribution in [0.5, 0.6) is 0 Å². The number of rotatable bonds is 6. The zero-order chi connectivity index (χ0) is 10.5. The molecule has 76 valence electrons. The Morgan fingerprint density at radius 3 is 2.31 bits per heavy atom. The maximum atomic E-state index is 10.3. The Bertz CT molecular complexity index is 235. The molecule has 0 aliphatic heterocycles. The molecule has 0 rings (SSSR count). The minimum atomic E-state index is -4.10. The first-order valence-electron chi connectivity index (χ1n) is 3.46. The summed E-state index contributed by atoms with van der Waals surface area (Å²) in [5.74, 6) is -1.37. The molecular formula is C5H10NO6P. The molecule has 13 heavy (non-hydrogen) atoms. The van der Waals surface area contributed by atoms with Gasteiger partial charge in [0.1, 0.15) is 0 Å². The highest BCUT2D eigenvalue weighted by Gasteiger charge is 2.20. The van der Waals surface area contributed by atoms with Gasteiger partial charge in [-0.1, -0.05) is 5.18 Å². The molecule has 0 unspecified atom stereocenters. The van der Waals surface area contributed by atoms with E-state index in [9.17, 15) is 14.3 Å². The van der Waals surface area contributed by atoms with Gasteiger partial charge in [-0.3, -0.25) is 4.57 Å². The molecule has 0 radical (unpaired) electrons. The summed E-state index contributed by atoms with van der Waals surface area (Å²) in [6, 6.07) is -1.41. The predicted octanol–water partition coefficient (Wildman–Crippen LogP) is 0.164. The Morgan fingerprint density at radius 1 is 1.46 bits per heavy atom. The second-order valence-electron chi connectivity index (χ2n) is 2.49. The zero-order valence-electron chi connectivity index (χ0n) is 6.66. The van der Waals surface area contributed by atoms with E-state index in [1.54, 1.807) is 0 Å². The first-order chi connectivity index (χ1) is 5.87. The number of nitroso groups, excluding NO2 is 1. The third-order valence-electron chi connectivity index (χ3n) is 1.34. The molecule has 0 aliphatic rings. The Hall–Kier alpha value is -0.780. The van der Waals surface area contributed by atoms with Crippen LogP contribution in [0, 0.1) is 4.91 Å². The summed E-state index contributed by atoms with van der Waals surface area (Å²) in [4.78, 5) is 36.9. The molecule has 0 spiro atoms. The SMILES string of the molecule is O=N[C@@H](CCCP(=O)(O)O)C(=O)O. The van der Waals surface area contributed by atoms with Crippen molar-refractivity contribution in [1.82, 2.24) is 0 Å². The van der Waals surface area contributed by atoms with E-state index in [0.717, 1.165) is 0 Å². The van der Waals surface area contributed by atoms with Crippen molar-refractivity contribution in [2.75, 3.05) is 6.16 Å². The van der Waals surface area contributed by atoms with Gasteiger partial charge in [0.05, 0.1) is 0 Å². The molecule has 0 heterocycles. The quantitative estimate of drug-likeness (QED) is 0.424. The summed E-state index contributed by atoms with van der Waals surface area (Å²) in [6.45, 7) is 0. The molecule has 0 fully saturated rings. The van der Waals surface area contributed by atoms with Crippen molar-refractivity contribution in [3.05, 3.63) is 4.91 Å². The fourth-order valence-electron chi connectivity index (χ4n) is 0.712. The summed E-state index contributed by atoms with van der Waals surface area (Å²) in [6.07, 6.45) is -0.608. The number of hydrogen-bond acceptors (Lipinski definition) is 4. The van der Waals surface area contributed by atoms with Crippen molar-refractivity contribution in [2.24, 2.45) is 5.18 Å². The van der Waals surface area contributed by atoms with Crippen LogP contribution in [0.3, 0.4) is 0 Å². The Balaban J connectivity index is 3.81. The zero-order valence-corrected chi connectivity index (χ0v) is 7.55. The molecule has 0 aromatic heterocycles. The molecule has 1 atom stereocenters. The normalized spacial score (nSPS) is 13.7. The fourth-order valence-corrected chi connectivity index (χ4v) is 1.31. The Morgan fingerprint density at radius 2 is 2.00 bits per heavy atom. The molecule has 7 nitrogen and oxygen atoms in total. The fraction of sp³-hybridized carbons (Fsp3) is 0.800. The topological polar surface area (TPSA) is 124 Å². The molecule has 0 aliphatic carbocycles. The minimum Gasteiger partial charge on any atom is -0.480 e. The number of carbonyl (C=O) groups is 1. The summed E-state index contributed by atoms with van der Waals surface area (Å²) >= 11 is 0. The third-order valence-corrected chi connectivity index (χ3v) is 2.24. The van der Waals surface area contributed by atoms with Crippen molar-refractivity contribution in [3.8, 4) is 0 Å². The largest absolute Gasteiger partial charge is 0.480 e. The molecule has 0 aromatic rings. The van der Waals surface area contributed by atoms with Gasteiger partial charge >= 0.3 is 13.6 Å². The van der Waals surface area contributed by atoms with Crippen LogP contribution in [0.2, 0.25) is 0 Å². The van der Waals surface area contributed by atoms with Gasteiger partial charge in [0.25, 0.3) is 0 Å². The van der Waals surface area contributed by atoms with E-state index < -0.39 is 25.8 Å². The van der Waals surface area contributed by atoms with Crippen LogP contribution in [0.15, 0.2) is 5.18 Å². The molecule has 0 saturated heterocycles. The molecule has 0 saturated carbocycles. The second-order valence-corrected chi connectivity index (χ2v) is 4.27. The van der Waals surface area contributed by atoms with Crippen LogP contribution in [0.1, 0.15) is 12.8 Å². The van der Waals surface area contributed by atoms with E-state index in [4.69, 9.17) is 14.9 Å². The number of carboxylic acids is 1. The van der Waals surface area contributed by atoms with Crippen LogP contribution in [-0.2, 0) is 9.36 Å². The van der Waals surface area contributed by atoms with Gasteiger partial charge < -0.3 is 14.9 Å². The van der Waals surface area contributed by atoms with E-state index in [2.05, 4.69) is 5.18 Å². The highest BCUT2D eigenvalue weighted by atomic mass is 31.2. The summed E-state index contributed by atoms with van der Waals surface area (Å²) in [7, 11) is -4.10. The molecule has 0 bridgehead atoms. The van der Waals surface area contributed by atoms with Gasteiger partial charge in [0.15, 0.2) is 6.04 Å². The van der Waals surface area contributed by atoms with E-state index >= 15 is 0 Å². The lowest BCUT2D eigenvalue weighted by molar-refractivity contribution is -0.138. The maximum Gasteiger partial charge on any atom is 0.332 e. The van der Waals surface area contributed by atoms with E-state index in [-0.39, 0.29) is 12.8 Å². The Labute approximate surface area is 73.9 Å². The molecule has 0 amide bonds. The molecule has 3 N–H and O–H groups in total.